The highest BCUT2D eigenvalue weighted by molar-refractivity contribution is 5.06. The van der Waals surface area contributed by atoms with E-state index in [0.29, 0.717) is 30.2 Å². The molecule has 2 bridgehead atoms. The fourth-order valence-electron chi connectivity index (χ4n) is 4.65. The highest BCUT2D eigenvalue weighted by atomic mass is 16.5. The van der Waals surface area contributed by atoms with Crippen molar-refractivity contribution in [1.82, 2.24) is 15.1 Å². The van der Waals surface area contributed by atoms with E-state index >= 15 is 0 Å². The Morgan fingerprint density at radius 3 is 2.86 bits per heavy atom. The maximum Gasteiger partial charge on any atom is 0.0640 e. The van der Waals surface area contributed by atoms with E-state index in [-0.39, 0.29) is 0 Å². The number of nitrogens with zero attached hydrogens (tertiary/aromatic N) is 2. The summed E-state index contributed by atoms with van der Waals surface area (Å²) in [6.07, 6.45) is 13.3. The van der Waals surface area contributed by atoms with Crippen LogP contribution in [-0.4, -0.2) is 35.1 Å². The Labute approximate surface area is 127 Å². The van der Waals surface area contributed by atoms with Crippen molar-refractivity contribution in [3.8, 4) is 0 Å². The highest BCUT2D eigenvalue weighted by Gasteiger charge is 2.44. The number of rotatable bonds is 5. The van der Waals surface area contributed by atoms with E-state index in [1.165, 1.54) is 50.6 Å². The lowest BCUT2D eigenvalue weighted by atomic mass is 9.82. The van der Waals surface area contributed by atoms with Gasteiger partial charge in [-0.3, -0.25) is 4.68 Å². The summed E-state index contributed by atoms with van der Waals surface area (Å²) < 4.78 is 8.24. The summed E-state index contributed by atoms with van der Waals surface area (Å²) in [6.45, 7) is 0. The van der Waals surface area contributed by atoms with Gasteiger partial charge in [-0.05, 0) is 45.2 Å². The van der Waals surface area contributed by atoms with Gasteiger partial charge in [0.25, 0.3) is 0 Å². The average Bonchev–Trinajstić information content (AvgIpc) is 3.28. The van der Waals surface area contributed by atoms with Gasteiger partial charge < -0.3 is 10.1 Å². The Morgan fingerprint density at radius 1 is 1.33 bits per heavy atom. The zero-order chi connectivity index (χ0) is 14.2. The smallest absolute Gasteiger partial charge is 0.0640 e. The van der Waals surface area contributed by atoms with Gasteiger partial charge in [-0.15, -0.1) is 0 Å². The molecule has 3 fully saturated rings. The minimum atomic E-state index is 0.490. The number of aromatic nitrogens is 2. The van der Waals surface area contributed by atoms with Crippen molar-refractivity contribution < 1.29 is 4.74 Å². The third-order valence-electron chi connectivity index (χ3n) is 5.83. The topological polar surface area (TPSA) is 39.1 Å². The predicted molar refractivity (Wildman–Crippen MR) is 82.3 cm³/mol. The number of nitrogens with one attached hydrogen (secondary N) is 1. The van der Waals surface area contributed by atoms with Crippen LogP contribution in [0.25, 0.3) is 0 Å². The summed E-state index contributed by atoms with van der Waals surface area (Å²) in [6, 6.07) is 3.38. The first-order valence-electron chi connectivity index (χ1n) is 8.70. The average molecular weight is 289 g/mol. The molecule has 21 heavy (non-hydrogen) atoms. The van der Waals surface area contributed by atoms with Crippen LogP contribution in [0.1, 0.15) is 56.7 Å². The Bertz CT molecular complexity index is 480. The van der Waals surface area contributed by atoms with Gasteiger partial charge in [-0.2, -0.15) is 5.10 Å². The fourth-order valence-corrected chi connectivity index (χ4v) is 4.65. The first-order valence-corrected chi connectivity index (χ1v) is 8.70. The van der Waals surface area contributed by atoms with Crippen molar-refractivity contribution in [3.63, 3.8) is 0 Å². The summed E-state index contributed by atoms with van der Waals surface area (Å²) >= 11 is 0. The molecule has 1 aromatic rings. The highest BCUT2D eigenvalue weighted by Crippen LogP contribution is 2.41. The van der Waals surface area contributed by atoms with Gasteiger partial charge in [0.15, 0.2) is 0 Å². The lowest BCUT2D eigenvalue weighted by Gasteiger charge is -2.27. The van der Waals surface area contributed by atoms with Crippen LogP contribution in [0.3, 0.4) is 0 Å². The van der Waals surface area contributed by atoms with Gasteiger partial charge >= 0.3 is 0 Å². The quantitative estimate of drug-likeness (QED) is 0.906. The lowest BCUT2D eigenvalue weighted by molar-refractivity contribution is 0.0862. The lowest BCUT2D eigenvalue weighted by Crippen LogP contribution is -2.40. The van der Waals surface area contributed by atoms with Gasteiger partial charge in [0.2, 0.25) is 0 Å². The number of hydrogen-bond donors (Lipinski definition) is 1. The first-order chi connectivity index (χ1) is 10.3. The monoisotopic (exact) mass is 289 g/mol. The predicted octanol–water partition coefficient (Wildman–Crippen LogP) is 2.70. The molecule has 0 spiro atoms. The molecule has 4 heteroatoms. The molecule has 3 aliphatic rings. The third-order valence-corrected chi connectivity index (χ3v) is 5.83. The van der Waals surface area contributed by atoms with Crippen LogP contribution >= 0.6 is 0 Å². The van der Waals surface area contributed by atoms with Crippen LogP contribution in [0.2, 0.25) is 0 Å². The molecule has 2 aliphatic heterocycles. The van der Waals surface area contributed by atoms with Crippen LogP contribution in [-0.2, 0) is 11.2 Å². The molecule has 2 saturated heterocycles. The molecule has 1 N–H and O–H groups in total. The van der Waals surface area contributed by atoms with E-state index in [9.17, 15) is 0 Å². The molecule has 0 radical (unpaired) electrons. The van der Waals surface area contributed by atoms with Crippen molar-refractivity contribution >= 4 is 0 Å². The van der Waals surface area contributed by atoms with E-state index in [2.05, 4.69) is 29.3 Å². The minimum Gasteiger partial charge on any atom is -0.375 e. The summed E-state index contributed by atoms with van der Waals surface area (Å²) in [7, 11) is 2.09. The number of fused-ring (bicyclic) bond motifs is 2. The second kappa shape index (κ2) is 5.73. The standard InChI is InChI=1S/C17H27N3O/c1-18-16(15-11-14-6-7-17(15)21-14)10-12-8-9-20(19-12)13-4-2-3-5-13/h8-9,13-18H,2-7,10-11H2,1H3. The molecule has 116 valence electrons. The Hall–Kier alpha value is -0.870. The van der Waals surface area contributed by atoms with Gasteiger partial charge in [0.05, 0.1) is 23.9 Å². The van der Waals surface area contributed by atoms with Crippen LogP contribution < -0.4 is 5.32 Å². The molecule has 4 rings (SSSR count). The first kappa shape index (κ1) is 13.8. The number of ether oxygens (including phenoxy) is 1. The zero-order valence-electron chi connectivity index (χ0n) is 13.0. The Kier molecular flexibility index (Phi) is 3.76. The SMILES string of the molecule is CNC(Cc1ccn(C2CCCC2)n1)C1CC2CCC1O2. The minimum absolute atomic E-state index is 0.490. The maximum atomic E-state index is 6.03. The maximum absolute atomic E-state index is 6.03. The van der Waals surface area contributed by atoms with Crippen molar-refractivity contribution in [2.45, 2.75) is 75.7 Å². The molecule has 4 unspecified atom stereocenters. The van der Waals surface area contributed by atoms with E-state index in [1.54, 1.807) is 0 Å². The number of hydrogen-bond acceptors (Lipinski definition) is 3. The molecule has 3 heterocycles. The van der Waals surface area contributed by atoms with Crippen LogP contribution in [0.5, 0.6) is 0 Å². The van der Waals surface area contributed by atoms with E-state index in [1.807, 2.05) is 0 Å². The van der Waals surface area contributed by atoms with Crippen molar-refractivity contribution in [2.75, 3.05) is 7.05 Å². The molecule has 4 nitrogen and oxygen atoms in total. The van der Waals surface area contributed by atoms with Crippen molar-refractivity contribution in [2.24, 2.45) is 5.92 Å². The molecule has 0 aromatic carbocycles. The van der Waals surface area contributed by atoms with E-state index in [4.69, 9.17) is 9.84 Å². The van der Waals surface area contributed by atoms with Crippen LogP contribution in [0, 0.1) is 5.92 Å². The van der Waals surface area contributed by atoms with E-state index < -0.39 is 0 Å². The van der Waals surface area contributed by atoms with Gasteiger partial charge in [0, 0.05) is 24.6 Å². The summed E-state index contributed by atoms with van der Waals surface area (Å²) in [4.78, 5) is 0. The van der Waals surface area contributed by atoms with Gasteiger partial charge in [-0.1, -0.05) is 12.8 Å². The summed E-state index contributed by atoms with van der Waals surface area (Å²) in [5, 5.41) is 8.38. The van der Waals surface area contributed by atoms with Crippen molar-refractivity contribution in [3.05, 3.63) is 18.0 Å². The zero-order valence-corrected chi connectivity index (χ0v) is 13.0. The van der Waals surface area contributed by atoms with Crippen LogP contribution in [0.15, 0.2) is 12.3 Å². The molecular weight excluding hydrogens is 262 g/mol. The normalized spacial score (nSPS) is 33.9. The fraction of sp³-hybridized carbons (Fsp3) is 0.824. The molecule has 4 atom stereocenters. The largest absolute Gasteiger partial charge is 0.375 e. The third kappa shape index (κ3) is 2.64. The molecule has 1 aliphatic carbocycles. The summed E-state index contributed by atoms with van der Waals surface area (Å²) in [5.41, 5.74) is 1.24. The molecule has 1 saturated carbocycles. The number of likely N-dealkylation sites (N-methyl/N-ethyl adjacent to an activating group) is 1. The van der Waals surface area contributed by atoms with Crippen molar-refractivity contribution in [1.29, 1.82) is 0 Å². The summed E-state index contributed by atoms with van der Waals surface area (Å²) in [5.74, 6) is 0.672. The van der Waals surface area contributed by atoms with Gasteiger partial charge in [-0.25, -0.2) is 0 Å². The molecular formula is C17H27N3O. The van der Waals surface area contributed by atoms with E-state index in [0.717, 1.165) is 6.42 Å². The second-order valence-electron chi connectivity index (χ2n) is 7.10. The molecule has 1 aromatic heterocycles. The second-order valence-corrected chi connectivity index (χ2v) is 7.10. The van der Waals surface area contributed by atoms with Crippen LogP contribution in [0.4, 0.5) is 0 Å². The Balaban J connectivity index is 1.41. The van der Waals surface area contributed by atoms with Gasteiger partial charge in [0.1, 0.15) is 0 Å². The molecule has 0 amide bonds. The Morgan fingerprint density at radius 2 is 2.19 bits per heavy atom.